The second-order valence-electron chi connectivity index (χ2n) is 7.67. The number of aliphatic hydroxyl groups is 1. The molecule has 3 heterocycles. The van der Waals surface area contributed by atoms with Crippen molar-refractivity contribution in [3.63, 3.8) is 0 Å². The fourth-order valence-corrected chi connectivity index (χ4v) is 3.50. The summed E-state index contributed by atoms with van der Waals surface area (Å²) in [7, 11) is 0. The fraction of sp³-hybridized carbons (Fsp3) is 0.450. The van der Waals surface area contributed by atoms with Crippen molar-refractivity contribution in [1.82, 2.24) is 9.97 Å². The Morgan fingerprint density at radius 1 is 1.15 bits per heavy atom. The average Bonchev–Trinajstić information content (AvgIpc) is 3.35. The molecule has 0 unspecified atom stereocenters. The van der Waals surface area contributed by atoms with Crippen LogP contribution in [0.15, 0.2) is 35.6 Å². The van der Waals surface area contributed by atoms with Crippen LogP contribution in [0.3, 0.4) is 0 Å². The quantitative estimate of drug-likeness (QED) is 0.783. The van der Waals surface area contributed by atoms with Gasteiger partial charge in [0.05, 0.1) is 23.2 Å². The zero-order chi connectivity index (χ0) is 17.7. The Balaban J connectivity index is 1.38. The summed E-state index contributed by atoms with van der Waals surface area (Å²) in [5, 5.41) is 9.69. The molecular weight excluding hydrogens is 328 g/mol. The van der Waals surface area contributed by atoms with Gasteiger partial charge in [-0.3, -0.25) is 0 Å². The molecule has 0 amide bonds. The van der Waals surface area contributed by atoms with E-state index in [2.05, 4.69) is 32.9 Å². The van der Waals surface area contributed by atoms with Crippen molar-refractivity contribution in [2.24, 2.45) is 4.99 Å². The Morgan fingerprint density at radius 3 is 2.73 bits per heavy atom. The summed E-state index contributed by atoms with van der Waals surface area (Å²) in [5.41, 5.74) is 3.81. The highest BCUT2D eigenvalue weighted by molar-refractivity contribution is 6.21. The van der Waals surface area contributed by atoms with Crippen molar-refractivity contribution in [3.8, 4) is 5.75 Å². The minimum absolute atomic E-state index is 0.0101. The highest BCUT2D eigenvalue weighted by atomic mass is 16.5. The van der Waals surface area contributed by atoms with E-state index in [1.807, 2.05) is 18.2 Å². The predicted octanol–water partition coefficient (Wildman–Crippen LogP) is 2.85. The fourth-order valence-electron chi connectivity index (χ4n) is 3.50. The van der Waals surface area contributed by atoms with Crippen molar-refractivity contribution < 1.29 is 9.84 Å². The first-order chi connectivity index (χ1) is 12.6. The molecule has 0 spiro atoms. The van der Waals surface area contributed by atoms with E-state index in [9.17, 15) is 5.11 Å². The smallest absolute Gasteiger partial charge is 0.132 e. The van der Waals surface area contributed by atoms with Crippen molar-refractivity contribution in [1.29, 1.82) is 0 Å². The number of benzene rings is 1. The Labute approximate surface area is 152 Å². The topological polar surface area (TPSA) is 70.8 Å². The summed E-state index contributed by atoms with van der Waals surface area (Å²) < 4.78 is 6.08. The molecule has 5 rings (SSSR count). The van der Waals surface area contributed by atoms with E-state index in [0.717, 1.165) is 73.0 Å². The number of ether oxygens (including phenoxy) is 1. The number of aromatic nitrogens is 2. The minimum atomic E-state index is -0.192. The number of nitrogens with zero attached hydrogens (tertiary/aromatic N) is 4. The number of anilines is 1. The Kier molecular flexibility index (Phi) is 3.50. The highest BCUT2D eigenvalue weighted by Gasteiger charge is 2.40. The summed E-state index contributed by atoms with van der Waals surface area (Å²) in [5.74, 6) is 1.80. The summed E-state index contributed by atoms with van der Waals surface area (Å²) in [6.45, 7) is 3.78. The molecule has 0 atom stereocenters. The van der Waals surface area contributed by atoms with Gasteiger partial charge in [0, 0.05) is 24.7 Å². The molecule has 1 N–H and O–H groups in total. The second kappa shape index (κ2) is 5.77. The molecule has 6 nitrogen and oxygen atoms in total. The van der Waals surface area contributed by atoms with Crippen LogP contribution in [0.25, 0.3) is 0 Å². The number of rotatable bonds is 4. The Morgan fingerprint density at radius 2 is 1.96 bits per heavy atom. The molecule has 2 aromatic rings. The van der Waals surface area contributed by atoms with Crippen LogP contribution < -0.4 is 9.64 Å². The third kappa shape index (κ3) is 2.84. The molecule has 6 heteroatoms. The number of aliphatic hydroxyl groups excluding tert-OH is 1. The number of piperidine rings is 1. The van der Waals surface area contributed by atoms with Gasteiger partial charge in [0.25, 0.3) is 0 Å². The molecule has 2 aliphatic heterocycles. The van der Waals surface area contributed by atoms with E-state index in [0.29, 0.717) is 0 Å². The molecule has 0 bridgehead atoms. The van der Waals surface area contributed by atoms with Gasteiger partial charge in [0.1, 0.15) is 23.5 Å². The standard InChI is InChI=1S/C20H22N4O2/c1-20(6-7-20)26-14-2-3-16-15(10-14)19(23-16)17-11-18(22-12-21-17)24-8-4-13(25)5-9-24/h2-3,10-13,25H,4-9H2,1H3. The number of fused-ring (bicyclic) bond motifs is 1. The van der Waals surface area contributed by atoms with Gasteiger partial charge in [-0.2, -0.15) is 0 Å². The zero-order valence-corrected chi connectivity index (χ0v) is 14.9. The van der Waals surface area contributed by atoms with Crippen molar-refractivity contribution in [3.05, 3.63) is 41.9 Å². The minimum Gasteiger partial charge on any atom is -0.488 e. The zero-order valence-electron chi connectivity index (χ0n) is 14.9. The van der Waals surface area contributed by atoms with Gasteiger partial charge < -0.3 is 14.7 Å². The maximum atomic E-state index is 9.69. The third-order valence-electron chi connectivity index (χ3n) is 5.46. The first-order valence-corrected chi connectivity index (χ1v) is 9.27. The Hall–Kier alpha value is -2.47. The maximum Gasteiger partial charge on any atom is 0.132 e. The number of aliphatic imine (C=N–C) groups is 1. The SMILES string of the molecule is CC1(Oc2ccc3c(c2)C(c2cc(N4CCC(O)CC4)ncn2)=N3)CC1. The van der Waals surface area contributed by atoms with Crippen LogP contribution in [-0.4, -0.2) is 45.6 Å². The van der Waals surface area contributed by atoms with Gasteiger partial charge in [-0.1, -0.05) is 0 Å². The third-order valence-corrected chi connectivity index (χ3v) is 5.46. The van der Waals surface area contributed by atoms with Gasteiger partial charge in [-0.05, 0) is 50.8 Å². The lowest BCUT2D eigenvalue weighted by Crippen LogP contribution is -2.36. The lowest BCUT2D eigenvalue weighted by atomic mass is 9.98. The molecule has 0 radical (unpaired) electrons. The maximum absolute atomic E-state index is 9.69. The molecule has 1 saturated heterocycles. The molecule has 2 fully saturated rings. The average molecular weight is 350 g/mol. The molecular formula is C20H22N4O2. The van der Waals surface area contributed by atoms with Crippen LogP contribution in [0.2, 0.25) is 0 Å². The number of hydrogen-bond acceptors (Lipinski definition) is 6. The van der Waals surface area contributed by atoms with E-state index in [1.165, 1.54) is 0 Å². The Bertz CT molecular complexity index is 883. The first kappa shape index (κ1) is 15.8. The molecule has 3 aliphatic rings. The second-order valence-corrected chi connectivity index (χ2v) is 7.67. The monoisotopic (exact) mass is 350 g/mol. The van der Waals surface area contributed by atoms with Crippen LogP contribution in [0.4, 0.5) is 11.5 Å². The summed E-state index contributed by atoms with van der Waals surface area (Å²) in [6.07, 6.45) is 5.20. The van der Waals surface area contributed by atoms with Gasteiger partial charge in [-0.25, -0.2) is 15.0 Å². The summed E-state index contributed by atoms with van der Waals surface area (Å²) >= 11 is 0. The van der Waals surface area contributed by atoms with Gasteiger partial charge in [0.15, 0.2) is 0 Å². The van der Waals surface area contributed by atoms with Crippen LogP contribution in [0, 0.1) is 0 Å². The predicted molar refractivity (Wildman–Crippen MR) is 99.5 cm³/mol. The first-order valence-electron chi connectivity index (χ1n) is 9.27. The summed E-state index contributed by atoms with van der Waals surface area (Å²) in [6, 6.07) is 8.07. The van der Waals surface area contributed by atoms with E-state index in [1.54, 1.807) is 6.33 Å². The normalized spacial score (nSPS) is 20.8. The molecule has 1 aromatic heterocycles. The molecule has 134 valence electrons. The van der Waals surface area contributed by atoms with Crippen LogP contribution in [0.5, 0.6) is 5.75 Å². The van der Waals surface area contributed by atoms with Crippen molar-refractivity contribution >= 4 is 17.2 Å². The van der Waals surface area contributed by atoms with E-state index in [4.69, 9.17) is 4.74 Å². The largest absolute Gasteiger partial charge is 0.488 e. The lowest BCUT2D eigenvalue weighted by molar-refractivity contribution is 0.145. The van der Waals surface area contributed by atoms with Gasteiger partial charge >= 0.3 is 0 Å². The molecule has 26 heavy (non-hydrogen) atoms. The lowest BCUT2D eigenvalue weighted by Gasteiger charge is -2.30. The van der Waals surface area contributed by atoms with Crippen LogP contribution in [0.1, 0.15) is 43.9 Å². The van der Waals surface area contributed by atoms with Gasteiger partial charge in [-0.15, -0.1) is 0 Å². The van der Waals surface area contributed by atoms with Crippen molar-refractivity contribution in [2.45, 2.75) is 44.3 Å². The van der Waals surface area contributed by atoms with Gasteiger partial charge in [0.2, 0.25) is 0 Å². The van der Waals surface area contributed by atoms with E-state index < -0.39 is 0 Å². The summed E-state index contributed by atoms with van der Waals surface area (Å²) in [4.78, 5) is 15.7. The number of hydrogen-bond donors (Lipinski definition) is 1. The van der Waals surface area contributed by atoms with Crippen LogP contribution in [-0.2, 0) is 0 Å². The van der Waals surface area contributed by atoms with Crippen molar-refractivity contribution in [2.75, 3.05) is 18.0 Å². The van der Waals surface area contributed by atoms with E-state index in [-0.39, 0.29) is 11.7 Å². The van der Waals surface area contributed by atoms with Crippen LogP contribution >= 0.6 is 0 Å². The highest BCUT2D eigenvalue weighted by Crippen LogP contribution is 2.42. The van der Waals surface area contributed by atoms with E-state index >= 15 is 0 Å². The molecule has 1 aliphatic carbocycles. The molecule has 1 aromatic carbocycles. The molecule has 1 saturated carbocycles.